The number of nitrogens with zero attached hydrogens (tertiary/aromatic N) is 5. The standard InChI is InChI=1S/C24H22F2N6O/c1-31-14-22(29-30-31)16-4-6-20(21(26)12-16)24(33)32(18-3-2-9-27-13-18)23-19-7-5-17(25)11-15(19)8-10-28-23/h4-8,10-12,14,18,27H,2-3,9,13H2,1H3/t18-/m1/s1. The third-order valence-corrected chi connectivity index (χ3v) is 5.89. The van der Waals surface area contributed by atoms with E-state index >= 15 is 4.39 Å². The van der Waals surface area contributed by atoms with Crippen LogP contribution < -0.4 is 10.2 Å². The quantitative estimate of drug-likeness (QED) is 0.515. The van der Waals surface area contributed by atoms with E-state index in [4.69, 9.17) is 0 Å². The number of halogens is 2. The minimum absolute atomic E-state index is 0.0610. The maximum Gasteiger partial charge on any atom is 0.262 e. The fraction of sp³-hybridized carbons (Fsp3) is 0.250. The summed E-state index contributed by atoms with van der Waals surface area (Å²) in [6.45, 7) is 1.41. The zero-order valence-electron chi connectivity index (χ0n) is 18.0. The van der Waals surface area contributed by atoms with Crippen LogP contribution in [0.3, 0.4) is 0 Å². The molecule has 0 spiro atoms. The van der Waals surface area contributed by atoms with Crippen molar-refractivity contribution >= 4 is 22.5 Å². The molecule has 1 N–H and O–H groups in total. The smallest absolute Gasteiger partial charge is 0.262 e. The van der Waals surface area contributed by atoms with Crippen molar-refractivity contribution < 1.29 is 13.6 Å². The van der Waals surface area contributed by atoms with Gasteiger partial charge in [-0.05, 0) is 61.2 Å². The molecule has 2 aromatic heterocycles. The molecule has 1 fully saturated rings. The van der Waals surface area contributed by atoms with Crippen molar-refractivity contribution in [3.05, 3.63) is 72.1 Å². The second-order valence-electron chi connectivity index (χ2n) is 8.15. The summed E-state index contributed by atoms with van der Waals surface area (Å²) < 4.78 is 30.6. The summed E-state index contributed by atoms with van der Waals surface area (Å²) in [7, 11) is 1.73. The lowest BCUT2D eigenvalue weighted by Gasteiger charge is -2.34. The number of fused-ring (bicyclic) bond motifs is 1. The number of aromatic nitrogens is 4. The second-order valence-corrected chi connectivity index (χ2v) is 8.15. The fourth-order valence-corrected chi connectivity index (χ4v) is 4.27. The average Bonchev–Trinajstić information content (AvgIpc) is 3.26. The molecule has 1 aliphatic heterocycles. The molecule has 1 atom stereocenters. The summed E-state index contributed by atoms with van der Waals surface area (Å²) in [6.07, 6.45) is 4.84. The van der Waals surface area contributed by atoms with E-state index in [0.717, 1.165) is 19.4 Å². The van der Waals surface area contributed by atoms with Gasteiger partial charge in [-0.1, -0.05) is 11.3 Å². The van der Waals surface area contributed by atoms with Crippen molar-refractivity contribution in [3.63, 3.8) is 0 Å². The lowest BCUT2D eigenvalue weighted by Crippen LogP contribution is -2.49. The molecule has 0 unspecified atom stereocenters. The molecule has 0 aliphatic carbocycles. The van der Waals surface area contributed by atoms with Gasteiger partial charge in [-0.15, -0.1) is 5.10 Å². The molecular weight excluding hydrogens is 426 g/mol. The Hall–Kier alpha value is -3.72. The van der Waals surface area contributed by atoms with E-state index in [1.165, 1.54) is 28.9 Å². The van der Waals surface area contributed by atoms with Crippen molar-refractivity contribution in [1.29, 1.82) is 0 Å². The summed E-state index contributed by atoms with van der Waals surface area (Å²) in [5, 5.41) is 12.4. The Kier molecular flexibility index (Phi) is 5.55. The lowest BCUT2D eigenvalue weighted by atomic mass is 10.0. The molecule has 5 rings (SSSR count). The highest BCUT2D eigenvalue weighted by atomic mass is 19.1. The van der Waals surface area contributed by atoms with Crippen molar-refractivity contribution in [1.82, 2.24) is 25.3 Å². The first-order valence-corrected chi connectivity index (χ1v) is 10.8. The van der Waals surface area contributed by atoms with E-state index in [1.807, 2.05) is 0 Å². The first kappa shape index (κ1) is 21.1. The van der Waals surface area contributed by atoms with Gasteiger partial charge in [0.05, 0.1) is 17.8 Å². The maximum atomic E-state index is 15.2. The van der Waals surface area contributed by atoms with Crippen molar-refractivity contribution in [2.45, 2.75) is 18.9 Å². The van der Waals surface area contributed by atoms with Crippen LogP contribution in [-0.2, 0) is 7.05 Å². The molecule has 0 saturated carbocycles. The van der Waals surface area contributed by atoms with Crippen LogP contribution in [0.25, 0.3) is 22.0 Å². The molecular formula is C24H22F2N6O. The number of piperidine rings is 1. The van der Waals surface area contributed by atoms with Gasteiger partial charge in [-0.25, -0.2) is 13.8 Å². The number of carbonyl (C=O) groups excluding carboxylic acids is 1. The molecule has 3 heterocycles. The van der Waals surface area contributed by atoms with Crippen molar-refractivity contribution in [2.24, 2.45) is 7.05 Å². The fourth-order valence-electron chi connectivity index (χ4n) is 4.27. The zero-order valence-corrected chi connectivity index (χ0v) is 18.0. The number of carbonyl (C=O) groups is 1. The number of pyridine rings is 1. The number of benzene rings is 2. The Morgan fingerprint density at radius 3 is 2.79 bits per heavy atom. The van der Waals surface area contributed by atoms with Gasteiger partial charge in [0.15, 0.2) is 0 Å². The van der Waals surface area contributed by atoms with Crippen LogP contribution in [0.4, 0.5) is 14.6 Å². The minimum atomic E-state index is -0.650. The topological polar surface area (TPSA) is 75.9 Å². The first-order chi connectivity index (χ1) is 16.0. The van der Waals surface area contributed by atoms with Gasteiger partial charge >= 0.3 is 0 Å². The predicted octanol–water partition coefficient (Wildman–Crippen LogP) is 3.71. The normalized spacial score (nSPS) is 16.2. The molecule has 4 aromatic rings. The molecule has 1 saturated heterocycles. The number of rotatable bonds is 4. The number of aryl methyl sites for hydroxylation is 1. The van der Waals surface area contributed by atoms with Crippen LogP contribution in [0.5, 0.6) is 0 Å². The zero-order chi connectivity index (χ0) is 22.9. The van der Waals surface area contributed by atoms with Gasteiger partial charge in [-0.2, -0.15) is 0 Å². The van der Waals surface area contributed by atoms with Crippen LogP contribution in [0.1, 0.15) is 23.2 Å². The number of amides is 1. The molecule has 168 valence electrons. The number of hydrogen-bond acceptors (Lipinski definition) is 5. The van der Waals surface area contributed by atoms with E-state index in [0.29, 0.717) is 34.4 Å². The van der Waals surface area contributed by atoms with Crippen molar-refractivity contribution in [2.75, 3.05) is 18.0 Å². The van der Waals surface area contributed by atoms with Crippen LogP contribution >= 0.6 is 0 Å². The summed E-state index contributed by atoms with van der Waals surface area (Å²) in [5.74, 6) is -1.12. The number of hydrogen-bond donors (Lipinski definition) is 1. The van der Waals surface area contributed by atoms with E-state index in [-0.39, 0.29) is 17.4 Å². The first-order valence-electron chi connectivity index (χ1n) is 10.8. The van der Waals surface area contributed by atoms with Gasteiger partial charge in [-0.3, -0.25) is 14.4 Å². The number of anilines is 1. The van der Waals surface area contributed by atoms with Crippen molar-refractivity contribution in [3.8, 4) is 11.3 Å². The minimum Gasteiger partial charge on any atom is -0.315 e. The van der Waals surface area contributed by atoms with Crippen LogP contribution in [0.15, 0.2) is 54.9 Å². The van der Waals surface area contributed by atoms with Gasteiger partial charge in [0.1, 0.15) is 23.1 Å². The van der Waals surface area contributed by atoms with Crippen LogP contribution in [0, 0.1) is 11.6 Å². The van der Waals surface area contributed by atoms with E-state index in [2.05, 4.69) is 20.6 Å². The Morgan fingerprint density at radius 1 is 1.18 bits per heavy atom. The molecule has 33 heavy (non-hydrogen) atoms. The van der Waals surface area contributed by atoms with E-state index in [1.54, 1.807) is 42.5 Å². The highest BCUT2D eigenvalue weighted by Gasteiger charge is 2.31. The molecule has 7 nitrogen and oxygen atoms in total. The second kappa shape index (κ2) is 8.67. The van der Waals surface area contributed by atoms with Gasteiger partial charge in [0.2, 0.25) is 0 Å². The highest BCUT2D eigenvalue weighted by Crippen LogP contribution is 2.30. The van der Waals surface area contributed by atoms with E-state index in [9.17, 15) is 9.18 Å². The Morgan fingerprint density at radius 2 is 2.06 bits per heavy atom. The SMILES string of the molecule is Cn1cc(-c2ccc(C(=O)N(c3nccc4cc(F)ccc34)[C@@H]3CCCNC3)c(F)c2)nn1. The Labute approximate surface area is 189 Å². The monoisotopic (exact) mass is 448 g/mol. The molecule has 0 radical (unpaired) electrons. The van der Waals surface area contributed by atoms with Crippen LogP contribution in [0.2, 0.25) is 0 Å². The average molecular weight is 448 g/mol. The predicted molar refractivity (Wildman–Crippen MR) is 121 cm³/mol. The number of nitrogens with one attached hydrogen (secondary N) is 1. The molecule has 1 amide bonds. The highest BCUT2D eigenvalue weighted by molar-refractivity contribution is 6.10. The summed E-state index contributed by atoms with van der Waals surface area (Å²) in [5.41, 5.74) is 0.984. The molecule has 2 aromatic carbocycles. The van der Waals surface area contributed by atoms with E-state index < -0.39 is 11.7 Å². The Balaban J connectivity index is 1.59. The summed E-state index contributed by atoms with van der Waals surface area (Å²) in [4.78, 5) is 19.8. The summed E-state index contributed by atoms with van der Waals surface area (Å²) in [6, 6.07) is 10.2. The molecule has 9 heteroatoms. The van der Waals surface area contributed by atoms with Gasteiger partial charge in [0, 0.05) is 30.7 Å². The molecule has 1 aliphatic rings. The third kappa shape index (κ3) is 4.07. The molecule has 0 bridgehead atoms. The van der Waals surface area contributed by atoms with Gasteiger partial charge < -0.3 is 5.32 Å². The largest absolute Gasteiger partial charge is 0.315 e. The third-order valence-electron chi connectivity index (χ3n) is 5.89. The Bertz CT molecular complexity index is 1330. The lowest BCUT2D eigenvalue weighted by molar-refractivity contribution is 0.0968. The maximum absolute atomic E-state index is 15.2. The van der Waals surface area contributed by atoms with Crippen LogP contribution in [-0.4, -0.2) is 45.0 Å². The van der Waals surface area contributed by atoms with Gasteiger partial charge in [0.25, 0.3) is 5.91 Å². The summed E-state index contributed by atoms with van der Waals surface area (Å²) >= 11 is 0.